The van der Waals surface area contributed by atoms with E-state index in [9.17, 15) is 4.79 Å². The van der Waals surface area contributed by atoms with Crippen LogP contribution in [-0.2, 0) is 11.3 Å². The highest BCUT2D eigenvalue weighted by molar-refractivity contribution is 7.09. The first-order valence-corrected chi connectivity index (χ1v) is 7.06. The number of nitrogens with zero attached hydrogens (tertiary/aromatic N) is 2. The number of carbonyl (C=O) groups is 1. The average Bonchev–Trinajstić information content (AvgIpc) is 2.92. The van der Waals surface area contributed by atoms with Gasteiger partial charge in [-0.3, -0.25) is 9.69 Å². The maximum atomic E-state index is 11.9. The van der Waals surface area contributed by atoms with Gasteiger partial charge in [0.2, 0.25) is 5.91 Å². The number of hydrogen-bond acceptors (Lipinski definition) is 4. The molecular weight excluding hydrogens is 270 g/mol. The maximum absolute atomic E-state index is 11.9. The maximum Gasteiger partial charge on any atom is 0.238 e. The van der Waals surface area contributed by atoms with Crippen molar-refractivity contribution in [2.45, 2.75) is 6.54 Å². The number of thiophene rings is 1. The Bertz CT molecular complexity index is 599. The first-order valence-electron chi connectivity index (χ1n) is 6.18. The third-order valence-corrected chi connectivity index (χ3v) is 3.58. The number of rotatable bonds is 5. The molecule has 0 aliphatic heterocycles. The van der Waals surface area contributed by atoms with Crippen LogP contribution >= 0.6 is 11.3 Å². The number of benzene rings is 1. The van der Waals surface area contributed by atoms with Crippen molar-refractivity contribution >= 4 is 22.9 Å². The summed E-state index contributed by atoms with van der Waals surface area (Å²) in [5.41, 5.74) is 1.29. The van der Waals surface area contributed by atoms with Gasteiger partial charge < -0.3 is 5.32 Å². The Kier molecular flexibility index (Phi) is 4.88. The molecule has 4 nitrogen and oxygen atoms in total. The standard InChI is InChI=1S/C15H15N3OS/c1-18(10-14-3-2-8-20-14)11-15(19)17-13-6-4-12(9-16)5-7-13/h2-8H,10-11H2,1H3,(H,17,19). The minimum absolute atomic E-state index is 0.0613. The number of nitriles is 1. The summed E-state index contributed by atoms with van der Waals surface area (Å²) in [6, 6.07) is 12.9. The molecule has 0 spiro atoms. The Labute approximate surface area is 122 Å². The van der Waals surface area contributed by atoms with Crippen LogP contribution in [0, 0.1) is 11.3 Å². The van der Waals surface area contributed by atoms with E-state index in [0.717, 1.165) is 6.54 Å². The van der Waals surface area contributed by atoms with Gasteiger partial charge in [-0.05, 0) is 42.8 Å². The van der Waals surface area contributed by atoms with Crippen molar-refractivity contribution in [3.05, 3.63) is 52.2 Å². The summed E-state index contributed by atoms with van der Waals surface area (Å²) in [5.74, 6) is -0.0613. The van der Waals surface area contributed by atoms with Crippen molar-refractivity contribution in [2.24, 2.45) is 0 Å². The molecule has 2 rings (SSSR count). The SMILES string of the molecule is CN(CC(=O)Nc1ccc(C#N)cc1)Cc1cccs1. The average molecular weight is 285 g/mol. The lowest BCUT2D eigenvalue weighted by Gasteiger charge is -2.15. The molecule has 0 atom stereocenters. The van der Waals surface area contributed by atoms with Crippen LogP contribution in [0.4, 0.5) is 5.69 Å². The smallest absolute Gasteiger partial charge is 0.238 e. The molecule has 1 aromatic heterocycles. The first kappa shape index (κ1) is 14.3. The van der Waals surface area contributed by atoms with Crippen LogP contribution in [0.15, 0.2) is 41.8 Å². The lowest BCUT2D eigenvalue weighted by atomic mass is 10.2. The first-order chi connectivity index (χ1) is 9.67. The lowest BCUT2D eigenvalue weighted by Crippen LogP contribution is -2.29. The van der Waals surface area contributed by atoms with Crippen LogP contribution < -0.4 is 5.32 Å². The summed E-state index contributed by atoms with van der Waals surface area (Å²) < 4.78 is 0. The van der Waals surface area contributed by atoms with Crippen LogP contribution in [0.25, 0.3) is 0 Å². The molecule has 1 N–H and O–H groups in total. The number of hydrogen-bond donors (Lipinski definition) is 1. The van der Waals surface area contributed by atoms with Gasteiger partial charge in [0.05, 0.1) is 18.2 Å². The second-order valence-corrected chi connectivity index (χ2v) is 5.52. The zero-order chi connectivity index (χ0) is 14.4. The van der Waals surface area contributed by atoms with E-state index in [1.165, 1.54) is 4.88 Å². The Morgan fingerprint density at radius 3 is 2.70 bits per heavy atom. The fourth-order valence-electron chi connectivity index (χ4n) is 1.80. The van der Waals surface area contributed by atoms with Gasteiger partial charge >= 0.3 is 0 Å². The van der Waals surface area contributed by atoms with Crippen LogP contribution in [0.5, 0.6) is 0 Å². The van der Waals surface area contributed by atoms with E-state index in [1.807, 2.05) is 29.5 Å². The fourth-order valence-corrected chi connectivity index (χ4v) is 2.58. The van der Waals surface area contributed by atoms with Gasteiger partial charge in [-0.25, -0.2) is 0 Å². The Balaban J connectivity index is 1.83. The predicted molar refractivity (Wildman–Crippen MR) is 80.4 cm³/mol. The summed E-state index contributed by atoms with van der Waals surface area (Å²) in [6.45, 7) is 1.09. The van der Waals surface area contributed by atoms with Crippen molar-refractivity contribution in [3.63, 3.8) is 0 Å². The van der Waals surface area contributed by atoms with Crippen molar-refractivity contribution in [2.75, 3.05) is 18.9 Å². The fraction of sp³-hybridized carbons (Fsp3) is 0.200. The third kappa shape index (κ3) is 4.19. The van der Waals surface area contributed by atoms with Gasteiger partial charge in [0.15, 0.2) is 0 Å². The van der Waals surface area contributed by atoms with Crippen molar-refractivity contribution < 1.29 is 4.79 Å². The molecule has 0 saturated carbocycles. The molecule has 102 valence electrons. The topological polar surface area (TPSA) is 56.1 Å². The normalized spacial score (nSPS) is 10.2. The van der Waals surface area contributed by atoms with Gasteiger partial charge in [0.25, 0.3) is 0 Å². The highest BCUT2D eigenvalue weighted by Crippen LogP contribution is 2.11. The van der Waals surface area contributed by atoms with Crippen LogP contribution in [-0.4, -0.2) is 24.4 Å². The van der Waals surface area contributed by atoms with E-state index in [4.69, 9.17) is 5.26 Å². The van der Waals surface area contributed by atoms with E-state index in [0.29, 0.717) is 17.8 Å². The predicted octanol–water partition coefficient (Wildman–Crippen LogP) is 2.69. The van der Waals surface area contributed by atoms with Crippen LogP contribution in [0.1, 0.15) is 10.4 Å². The minimum Gasteiger partial charge on any atom is -0.325 e. The van der Waals surface area contributed by atoms with Crippen LogP contribution in [0.3, 0.4) is 0 Å². The van der Waals surface area contributed by atoms with Gasteiger partial charge in [0, 0.05) is 17.1 Å². The van der Waals surface area contributed by atoms with Gasteiger partial charge in [-0.15, -0.1) is 11.3 Å². The summed E-state index contributed by atoms with van der Waals surface area (Å²) in [5, 5.41) is 13.6. The number of likely N-dealkylation sites (N-methyl/N-ethyl adjacent to an activating group) is 1. The number of nitrogens with one attached hydrogen (secondary N) is 1. The summed E-state index contributed by atoms with van der Waals surface area (Å²) in [7, 11) is 1.91. The van der Waals surface area contributed by atoms with Gasteiger partial charge in [-0.1, -0.05) is 6.07 Å². The van der Waals surface area contributed by atoms with E-state index in [1.54, 1.807) is 35.6 Å². The Morgan fingerprint density at radius 2 is 2.10 bits per heavy atom. The summed E-state index contributed by atoms with van der Waals surface area (Å²) >= 11 is 1.68. The van der Waals surface area contributed by atoms with E-state index < -0.39 is 0 Å². The molecule has 1 amide bonds. The van der Waals surface area contributed by atoms with E-state index >= 15 is 0 Å². The monoisotopic (exact) mass is 285 g/mol. The molecular formula is C15H15N3OS. The second-order valence-electron chi connectivity index (χ2n) is 4.49. The van der Waals surface area contributed by atoms with E-state index in [-0.39, 0.29) is 5.91 Å². The van der Waals surface area contributed by atoms with Crippen molar-refractivity contribution in [1.29, 1.82) is 5.26 Å². The zero-order valence-corrected chi connectivity index (χ0v) is 12.0. The van der Waals surface area contributed by atoms with Crippen molar-refractivity contribution in [1.82, 2.24) is 4.90 Å². The molecule has 1 aromatic carbocycles. The lowest BCUT2D eigenvalue weighted by molar-refractivity contribution is -0.117. The summed E-state index contributed by atoms with van der Waals surface area (Å²) in [6.07, 6.45) is 0. The molecule has 0 fully saturated rings. The zero-order valence-electron chi connectivity index (χ0n) is 11.2. The molecule has 2 aromatic rings. The van der Waals surface area contributed by atoms with Gasteiger partial charge in [0.1, 0.15) is 0 Å². The van der Waals surface area contributed by atoms with Gasteiger partial charge in [-0.2, -0.15) is 5.26 Å². The molecule has 1 heterocycles. The Morgan fingerprint density at radius 1 is 1.35 bits per heavy atom. The highest BCUT2D eigenvalue weighted by atomic mass is 32.1. The van der Waals surface area contributed by atoms with Crippen LogP contribution in [0.2, 0.25) is 0 Å². The number of carbonyl (C=O) groups excluding carboxylic acids is 1. The molecule has 0 unspecified atom stereocenters. The number of anilines is 1. The number of amides is 1. The Hall–Kier alpha value is -2.16. The van der Waals surface area contributed by atoms with Crippen molar-refractivity contribution in [3.8, 4) is 6.07 Å². The quantitative estimate of drug-likeness (QED) is 0.919. The summed E-state index contributed by atoms with van der Waals surface area (Å²) in [4.78, 5) is 15.1. The third-order valence-electron chi connectivity index (χ3n) is 2.72. The molecule has 0 aliphatic carbocycles. The molecule has 0 aliphatic rings. The molecule has 0 radical (unpaired) electrons. The molecule has 0 saturated heterocycles. The largest absolute Gasteiger partial charge is 0.325 e. The molecule has 0 bridgehead atoms. The minimum atomic E-state index is -0.0613. The highest BCUT2D eigenvalue weighted by Gasteiger charge is 2.08. The second kappa shape index (κ2) is 6.85. The molecule has 20 heavy (non-hydrogen) atoms. The molecule has 5 heteroatoms. The van der Waals surface area contributed by atoms with E-state index in [2.05, 4.69) is 11.4 Å².